The molecule has 0 saturated carbocycles. The normalized spacial score (nSPS) is 11.3. The highest BCUT2D eigenvalue weighted by molar-refractivity contribution is 5.91. The minimum Gasteiger partial charge on any atom is -0.306 e. The fourth-order valence-electron chi connectivity index (χ4n) is 2.34. The van der Waals surface area contributed by atoms with Crippen molar-refractivity contribution in [2.24, 2.45) is 0 Å². The Balaban J connectivity index is 2.05. The minimum absolute atomic E-state index is 0.274. The van der Waals surface area contributed by atoms with E-state index in [-0.39, 0.29) is 11.5 Å². The van der Waals surface area contributed by atoms with Crippen LogP contribution in [0.25, 0.3) is 27.8 Å². The SMILES string of the molecule is O=c1[nH]c2ccncc2c2nc(-c3ccc(F)cc3)cn12. The number of aromatic nitrogens is 4. The maximum absolute atomic E-state index is 13.0. The average Bonchev–Trinajstić information content (AvgIpc) is 2.94. The number of hydrogen-bond acceptors (Lipinski definition) is 3. The molecule has 3 heterocycles. The zero-order chi connectivity index (χ0) is 14.4. The molecular formula is C15H9FN4O. The summed E-state index contributed by atoms with van der Waals surface area (Å²) >= 11 is 0. The van der Waals surface area contributed by atoms with Crippen LogP contribution in [-0.4, -0.2) is 19.4 Å². The van der Waals surface area contributed by atoms with E-state index in [1.165, 1.54) is 16.5 Å². The van der Waals surface area contributed by atoms with Gasteiger partial charge in [-0.1, -0.05) is 0 Å². The number of imidazole rings is 1. The summed E-state index contributed by atoms with van der Waals surface area (Å²) in [5, 5.41) is 0.755. The lowest BCUT2D eigenvalue weighted by molar-refractivity contribution is 0.628. The average molecular weight is 280 g/mol. The van der Waals surface area contributed by atoms with Crippen LogP contribution in [0.2, 0.25) is 0 Å². The van der Waals surface area contributed by atoms with E-state index in [1.807, 2.05) is 0 Å². The molecule has 6 heteroatoms. The summed E-state index contributed by atoms with van der Waals surface area (Å²) in [7, 11) is 0. The summed E-state index contributed by atoms with van der Waals surface area (Å²) in [4.78, 5) is 23.4. The Morgan fingerprint density at radius 2 is 1.95 bits per heavy atom. The van der Waals surface area contributed by atoms with E-state index in [9.17, 15) is 9.18 Å². The third-order valence-electron chi connectivity index (χ3n) is 3.37. The van der Waals surface area contributed by atoms with E-state index >= 15 is 0 Å². The lowest BCUT2D eigenvalue weighted by Gasteiger charge is -1.98. The Labute approximate surface area is 117 Å². The summed E-state index contributed by atoms with van der Waals surface area (Å²) in [5.74, 6) is -0.310. The zero-order valence-corrected chi connectivity index (χ0v) is 10.7. The maximum Gasteiger partial charge on any atom is 0.331 e. The van der Waals surface area contributed by atoms with E-state index in [0.717, 1.165) is 10.9 Å². The molecular weight excluding hydrogens is 271 g/mol. The number of nitrogens with zero attached hydrogens (tertiary/aromatic N) is 3. The Morgan fingerprint density at radius 3 is 2.76 bits per heavy atom. The van der Waals surface area contributed by atoms with Crippen molar-refractivity contribution in [2.75, 3.05) is 0 Å². The van der Waals surface area contributed by atoms with E-state index in [4.69, 9.17) is 0 Å². The van der Waals surface area contributed by atoms with Crippen LogP contribution >= 0.6 is 0 Å². The van der Waals surface area contributed by atoms with Crippen molar-refractivity contribution >= 4 is 16.6 Å². The Morgan fingerprint density at radius 1 is 1.14 bits per heavy atom. The molecule has 0 aliphatic rings. The van der Waals surface area contributed by atoms with Gasteiger partial charge in [-0.25, -0.2) is 14.2 Å². The van der Waals surface area contributed by atoms with Crippen LogP contribution in [0.5, 0.6) is 0 Å². The van der Waals surface area contributed by atoms with Crippen molar-refractivity contribution < 1.29 is 4.39 Å². The van der Waals surface area contributed by atoms with Crippen LogP contribution in [0.4, 0.5) is 4.39 Å². The van der Waals surface area contributed by atoms with Gasteiger partial charge >= 0.3 is 5.69 Å². The van der Waals surface area contributed by atoms with Gasteiger partial charge in [-0.15, -0.1) is 0 Å². The molecule has 5 nitrogen and oxygen atoms in total. The molecule has 0 amide bonds. The second-order valence-electron chi connectivity index (χ2n) is 4.68. The highest BCUT2D eigenvalue weighted by Crippen LogP contribution is 2.21. The first-order valence-corrected chi connectivity index (χ1v) is 6.33. The molecule has 3 aromatic heterocycles. The third-order valence-corrected chi connectivity index (χ3v) is 3.37. The summed E-state index contributed by atoms with van der Waals surface area (Å²) in [6.45, 7) is 0. The molecule has 0 radical (unpaired) electrons. The Hall–Kier alpha value is -3.02. The quantitative estimate of drug-likeness (QED) is 0.582. The van der Waals surface area contributed by atoms with E-state index in [0.29, 0.717) is 16.9 Å². The first-order chi connectivity index (χ1) is 10.2. The Bertz CT molecular complexity index is 1020. The molecule has 0 spiro atoms. The number of pyridine rings is 1. The van der Waals surface area contributed by atoms with Crippen molar-refractivity contribution in [3.05, 3.63) is 65.2 Å². The van der Waals surface area contributed by atoms with Crippen LogP contribution in [0.3, 0.4) is 0 Å². The van der Waals surface area contributed by atoms with Crippen molar-refractivity contribution in [1.29, 1.82) is 0 Å². The highest BCUT2D eigenvalue weighted by Gasteiger charge is 2.10. The summed E-state index contributed by atoms with van der Waals surface area (Å²) in [6.07, 6.45) is 4.90. The molecule has 0 aliphatic carbocycles. The molecule has 0 atom stereocenters. The predicted molar refractivity (Wildman–Crippen MR) is 76.5 cm³/mol. The van der Waals surface area contributed by atoms with Crippen molar-refractivity contribution in [3.63, 3.8) is 0 Å². The van der Waals surface area contributed by atoms with E-state index < -0.39 is 0 Å². The van der Waals surface area contributed by atoms with Gasteiger partial charge in [-0.05, 0) is 30.3 Å². The second-order valence-corrected chi connectivity index (χ2v) is 4.68. The second kappa shape index (κ2) is 4.24. The van der Waals surface area contributed by atoms with Gasteiger partial charge in [0.05, 0.1) is 16.6 Å². The predicted octanol–water partition coefficient (Wildman–Crippen LogP) is 2.38. The van der Waals surface area contributed by atoms with Gasteiger partial charge in [0.25, 0.3) is 0 Å². The fourth-order valence-corrected chi connectivity index (χ4v) is 2.34. The molecule has 0 saturated heterocycles. The monoisotopic (exact) mass is 280 g/mol. The molecule has 4 aromatic rings. The van der Waals surface area contributed by atoms with Crippen LogP contribution < -0.4 is 5.69 Å². The van der Waals surface area contributed by atoms with Crippen molar-refractivity contribution in [1.82, 2.24) is 19.4 Å². The van der Waals surface area contributed by atoms with Gasteiger partial charge in [-0.3, -0.25) is 9.38 Å². The van der Waals surface area contributed by atoms with Crippen molar-refractivity contribution in [3.8, 4) is 11.3 Å². The zero-order valence-electron chi connectivity index (χ0n) is 10.7. The summed E-state index contributed by atoms with van der Waals surface area (Å²) in [6, 6.07) is 7.72. The highest BCUT2D eigenvalue weighted by atomic mass is 19.1. The first-order valence-electron chi connectivity index (χ1n) is 6.33. The van der Waals surface area contributed by atoms with E-state index in [1.54, 1.807) is 36.8 Å². The van der Waals surface area contributed by atoms with E-state index in [2.05, 4.69) is 15.0 Å². The number of fused-ring (bicyclic) bond motifs is 3. The molecule has 4 rings (SSSR count). The number of nitrogens with one attached hydrogen (secondary N) is 1. The maximum atomic E-state index is 13.0. The van der Waals surface area contributed by atoms with Gasteiger partial charge in [0.2, 0.25) is 0 Å². The Kier molecular flexibility index (Phi) is 2.38. The van der Waals surface area contributed by atoms with Gasteiger partial charge in [0.1, 0.15) is 5.82 Å². The topological polar surface area (TPSA) is 63.0 Å². The lowest BCUT2D eigenvalue weighted by atomic mass is 10.2. The molecule has 0 fully saturated rings. The molecule has 0 unspecified atom stereocenters. The van der Waals surface area contributed by atoms with Crippen LogP contribution in [0.1, 0.15) is 0 Å². The van der Waals surface area contributed by atoms with Crippen LogP contribution in [0, 0.1) is 5.82 Å². The molecule has 1 aromatic carbocycles. The summed E-state index contributed by atoms with van der Waals surface area (Å²) in [5.41, 5.74) is 2.29. The number of halogens is 1. The lowest BCUT2D eigenvalue weighted by Crippen LogP contribution is -2.15. The number of hydrogen-bond donors (Lipinski definition) is 1. The minimum atomic E-state index is -0.310. The number of rotatable bonds is 1. The standard InChI is InChI=1S/C15H9FN4O/c16-10-3-1-9(2-4-10)13-8-20-14(18-13)11-7-17-6-5-12(11)19-15(20)21/h1-8H,(H,19,21). The molecule has 102 valence electrons. The smallest absolute Gasteiger partial charge is 0.306 e. The molecule has 1 N–H and O–H groups in total. The number of benzene rings is 1. The number of H-pyrrole nitrogens is 1. The molecule has 0 aliphatic heterocycles. The fraction of sp³-hybridized carbons (Fsp3) is 0. The van der Waals surface area contributed by atoms with Crippen LogP contribution in [0.15, 0.2) is 53.7 Å². The third kappa shape index (κ3) is 1.80. The molecule has 21 heavy (non-hydrogen) atoms. The van der Waals surface area contributed by atoms with Gasteiger partial charge in [0.15, 0.2) is 5.65 Å². The van der Waals surface area contributed by atoms with Crippen molar-refractivity contribution in [2.45, 2.75) is 0 Å². The summed E-state index contributed by atoms with van der Waals surface area (Å²) < 4.78 is 14.4. The van der Waals surface area contributed by atoms with Gasteiger partial charge in [0, 0.05) is 24.2 Å². The largest absolute Gasteiger partial charge is 0.331 e. The van der Waals surface area contributed by atoms with Crippen LogP contribution in [-0.2, 0) is 0 Å². The van der Waals surface area contributed by atoms with Gasteiger partial charge < -0.3 is 4.98 Å². The van der Waals surface area contributed by atoms with Gasteiger partial charge in [-0.2, -0.15) is 0 Å². The number of aromatic amines is 1. The molecule has 0 bridgehead atoms. The first kappa shape index (κ1) is 11.8.